The van der Waals surface area contributed by atoms with Gasteiger partial charge < -0.3 is 15.1 Å². The van der Waals surface area contributed by atoms with E-state index in [1.54, 1.807) is 12.1 Å². The zero-order chi connectivity index (χ0) is 24.5. The fourth-order valence-corrected chi connectivity index (χ4v) is 4.26. The predicted molar refractivity (Wildman–Crippen MR) is 131 cm³/mol. The fourth-order valence-electron chi connectivity index (χ4n) is 4.26. The molecule has 2 heterocycles. The van der Waals surface area contributed by atoms with E-state index in [2.05, 4.69) is 17.1 Å². The lowest BCUT2D eigenvalue weighted by Crippen LogP contribution is -2.55. The van der Waals surface area contributed by atoms with Gasteiger partial charge in [0, 0.05) is 67.4 Å². The summed E-state index contributed by atoms with van der Waals surface area (Å²) in [4.78, 5) is 37.3. The Morgan fingerprint density at radius 1 is 1.12 bits per heavy atom. The van der Waals surface area contributed by atoms with Crippen LogP contribution in [0.2, 0.25) is 0 Å². The summed E-state index contributed by atoms with van der Waals surface area (Å²) >= 11 is 0. The summed E-state index contributed by atoms with van der Waals surface area (Å²) in [5.74, 6) is 2.31. The molecule has 2 aliphatic rings. The third kappa shape index (κ3) is 5.63. The molecule has 2 amide bonds. The van der Waals surface area contributed by atoms with Gasteiger partial charge in [0.05, 0.1) is 4.92 Å². The molecule has 0 spiro atoms. The number of amides is 2. The molecule has 1 aromatic heterocycles. The molecule has 1 aliphatic heterocycles. The second-order valence-electron chi connectivity index (χ2n) is 10.2. The van der Waals surface area contributed by atoms with Crippen LogP contribution in [0.15, 0.2) is 24.3 Å². The van der Waals surface area contributed by atoms with Crippen molar-refractivity contribution in [2.75, 3.05) is 31.1 Å². The minimum absolute atomic E-state index is 0.0335. The number of urea groups is 1. The summed E-state index contributed by atoms with van der Waals surface area (Å²) in [6.07, 6.45) is 3.67. The topological polar surface area (TPSA) is 104 Å². The smallest absolute Gasteiger partial charge is 0.317 e. The normalized spacial score (nSPS) is 16.5. The lowest BCUT2D eigenvalue weighted by Gasteiger charge is -2.38. The quantitative estimate of drug-likeness (QED) is 0.509. The van der Waals surface area contributed by atoms with Crippen LogP contribution in [0.1, 0.15) is 69.1 Å². The molecule has 0 atom stereocenters. The van der Waals surface area contributed by atoms with Crippen LogP contribution in [0.5, 0.6) is 0 Å². The first-order valence-corrected chi connectivity index (χ1v) is 12.1. The Balaban J connectivity index is 1.59. The number of nitro groups is 1. The van der Waals surface area contributed by atoms with Crippen molar-refractivity contribution in [3.8, 4) is 0 Å². The second kappa shape index (κ2) is 9.56. The number of rotatable bonds is 6. The molecule has 0 unspecified atom stereocenters. The first-order chi connectivity index (χ1) is 16.1. The van der Waals surface area contributed by atoms with E-state index in [9.17, 15) is 14.9 Å². The highest BCUT2D eigenvalue weighted by Gasteiger charge is 2.31. The number of hydrogen-bond donors (Lipinski definition) is 1. The van der Waals surface area contributed by atoms with Gasteiger partial charge in [-0.15, -0.1) is 0 Å². The highest BCUT2D eigenvalue weighted by Crippen LogP contribution is 2.40. The number of carbonyl (C=O) groups is 1. The highest BCUT2D eigenvalue weighted by atomic mass is 16.6. The molecule has 9 heteroatoms. The number of nitrogens with zero attached hydrogens (tertiary/aromatic N) is 5. The summed E-state index contributed by atoms with van der Waals surface area (Å²) in [5.41, 5.74) is 2.93. The number of carbonyl (C=O) groups excluding carboxylic acids is 1. The maximum Gasteiger partial charge on any atom is 0.317 e. The van der Waals surface area contributed by atoms with E-state index in [0.29, 0.717) is 38.5 Å². The van der Waals surface area contributed by atoms with Gasteiger partial charge in [0.25, 0.3) is 5.69 Å². The van der Waals surface area contributed by atoms with Gasteiger partial charge >= 0.3 is 6.03 Å². The monoisotopic (exact) mass is 466 g/mol. The van der Waals surface area contributed by atoms with Crippen molar-refractivity contribution in [2.24, 2.45) is 0 Å². The van der Waals surface area contributed by atoms with Crippen molar-refractivity contribution in [3.63, 3.8) is 0 Å². The van der Waals surface area contributed by atoms with Crippen LogP contribution in [0.25, 0.3) is 0 Å². The van der Waals surface area contributed by atoms with Gasteiger partial charge in [-0.05, 0) is 45.6 Å². The lowest BCUT2D eigenvalue weighted by molar-refractivity contribution is -0.384. The van der Waals surface area contributed by atoms with Crippen LogP contribution in [0.4, 0.5) is 16.3 Å². The maximum atomic E-state index is 12.6. The third-order valence-corrected chi connectivity index (χ3v) is 6.24. The van der Waals surface area contributed by atoms with Crippen LogP contribution in [-0.2, 0) is 12.8 Å². The summed E-state index contributed by atoms with van der Waals surface area (Å²) in [6, 6.07) is 6.68. The van der Waals surface area contributed by atoms with E-state index in [1.807, 2.05) is 37.8 Å². The zero-order valence-corrected chi connectivity index (χ0v) is 20.5. The van der Waals surface area contributed by atoms with E-state index in [-0.39, 0.29) is 22.2 Å². The largest absolute Gasteiger partial charge is 0.353 e. The number of aromatic nitrogens is 2. The molecule has 182 valence electrons. The number of nitro benzene ring substituents is 1. The Labute approximate surface area is 200 Å². The number of piperazine rings is 1. The molecule has 9 nitrogen and oxygen atoms in total. The number of non-ortho nitro benzene ring substituents is 1. The Hall–Kier alpha value is -3.23. The minimum Gasteiger partial charge on any atom is -0.353 e. The first kappa shape index (κ1) is 23.9. The molecule has 1 aliphatic carbocycles. The number of anilines is 1. The van der Waals surface area contributed by atoms with Gasteiger partial charge in [0.15, 0.2) is 0 Å². The molecule has 1 aromatic carbocycles. The Morgan fingerprint density at radius 3 is 2.29 bits per heavy atom. The van der Waals surface area contributed by atoms with E-state index < -0.39 is 0 Å². The Bertz CT molecular complexity index is 1050. The standard InChI is InChI=1S/C25H34N6O3/c1-5-21-20(16-17-6-10-19(11-7-17)31(33)34)23(27-22(26-21)18-8-9-18)29-12-14-30(15-13-29)24(32)28-25(2,3)4/h6-7,10-11,18H,5,8-9,12-16H2,1-4H3,(H,28,32). The van der Waals surface area contributed by atoms with Crippen LogP contribution >= 0.6 is 0 Å². The molecule has 2 fully saturated rings. The van der Waals surface area contributed by atoms with Crippen molar-refractivity contribution in [1.82, 2.24) is 20.2 Å². The fraction of sp³-hybridized carbons (Fsp3) is 0.560. The van der Waals surface area contributed by atoms with Gasteiger partial charge in [-0.1, -0.05) is 19.1 Å². The van der Waals surface area contributed by atoms with Crippen LogP contribution in [0.3, 0.4) is 0 Å². The van der Waals surface area contributed by atoms with Gasteiger partial charge in [-0.2, -0.15) is 0 Å². The lowest BCUT2D eigenvalue weighted by atomic mass is 10.0. The van der Waals surface area contributed by atoms with Gasteiger partial charge in [0.2, 0.25) is 0 Å². The zero-order valence-electron chi connectivity index (χ0n) is 20.5. The number of benzene rings is 1. The number of aryl methyl sites for hydroxylation is 1. The maximum absolute atomic E-state index is 12.6. The average molecular weight is 467 g/mol. The predicted octanol–water partition coefficient (Wildman–Crippen LogP) is 4.05. The van der Waals surface area contributed by atoms with E-state index in [4.69, 9.17) is 9.97 Å². The van der Waals surface area contributed by atoms with Crippen LogP contribution < -0.4 is 10.2 Å². The summed E-state index contributed by atoms with van der Waals surface area (Å²) in [7, 11) is 0. The molecule has 1 N–H and O–H groups in total. The van der Waals surface area contributed by atoms with Gasteiger partial charge in [0.1, 0.15) is 11.6 Å². The second-order valence-corrected chi connectivity index (χ2v) is 10.2. The SMILES string of the molecule is CCc1nc(C2CC2)nc(N2CCN(C(=O)NC(C)(C)C)CC2)c1Cc1ccc([N+](=O)[O-])cc1. The average Bonchev–Trinajstić information content (AvgIpc) is 3.64. The minimum atomic E-state index is -0.379. The molecule has 34 heavy (non-hydrogen) atoms. The van der Waals surface area contributed by atoms with Crippen LogP contribution in [0, 0.1) is 10.1 Å². The Morgan fingerprint density at radius 2 is 1.76 bits per heavy atom. The van der Waals surface area contributed by atoms with Gasteiger partial charge in [-0.3, -0.25) is 10.1 Å². The van der Waals surface area contributed by atoms with Crippen LogP contribution in [-0.4, -0.2) is 57.5 Å². The third-order valence-electron chi connectivity index (χ3n) is 6.24. The number of nitrogens with one attached hydrogen (secondary N) is 1. The molecule has 1 saturated heterocycles. The molecule has 0 bridgehead atoms. The molecule has 0 radical (unpaired) electrons. The molecule has 1 saturated carbocycles. The van der Waals surface area contributed by atoms with E-state index in [0.717, 1.165) is 47.7 Å². The molecule has 4 rings (SSSR count). The summed E-state index contributed by atoms with van der Waals surface area (Å²) in [5, 5.41) is 14.1. The first-order valence-electron chi connectivity index (χ1n) is 12.1. The Kier molecular flexibility index (Phi) is 6.72. The van der Waals surface area contributed by atoms with E-state index >= 15 is 0 Å². The van der Waals surface area contributed by atoms with E-state index in [1.165, 1.54) is 0 Å². The van der Waals surface area contributed by atoms with Crippen molar-refractivity contribution in [2.45, 2.75) is 64.8 Å². The van der Waals surface area contributed by atoms with Crippen molar-refractivity contribution >= 4 is 17.5 Å². The molecular formula is C25H34N6O3. The van der Waals surface area contributed by atoms with Crippen molar-refractivity contribution in [1.29, 1.82) is 0 Å². The highest BCUT2D eigenvalue weighted by molar-refractivity contribution is 5.75. The molecule has 2 aromatic rings. The summed E-state index contributed by atoms with van der Waals surface area (Å²) < 4.78 is 0. The van der Waals surface area contributed by atoms with Crippen molar-refractivity contribution < 1.29 is 9.72 Å². The molecular weight excluding hydrogens is 432 g/mol. The number of hydrogen-bond acceptors (Lipinski definition) is 6. The summed E-state index contributed by atoms with van der Waals surface area (Å²) in [6.45, 7) is 10.7. The van der Waals surface area contributed by atoms with Gasteiger partial charge in [-0.25, -0.2) is 14.8 Å². The van der Waals surface area contributed by atoms with Crippen molar-refractivity contribution in [3.05, 3.63) is 57.0 Å².